The molecule has 3 heterocycles. The zero-order valence-corrected chi connectivity index (χ0v) is 15.4. The van der Waals surface area contributed by atoms with Crippen LogP contribution >= 0.6 is 0 Å². The molecule has 0 aromatic heterocycles. The number of ether oxygens (including phenoxy) is 2. The number of hydrogen-bond acceptors (Lipinski definition) is 4. The largest absolute Gasteiger partial charge is 0.487 e. The molecule has 0 unspecified atom stereocenters. The van der Waals surface area contributed by atoms with Crippen molar-refractivity contribution in [1.82, 2.24) is 10.2 Å². The second-order valence-electron chi connectivity index (χ2n) is 7.88. The molecular formula is C20H26N2O4. The molecule has 1 spiro atoms. The number of benzene rings is 1. The molecule has 2 atom stereocenters. The summed E-state index contributed by atoms with van der Waals surface area (Å²) in [4.78, 5) is 26.2. The fourth-order valence-corrected chi connectivity index (χ4v) is 4.30. The minimum Gasteiger partial charge on any atom is -0.487 e. The molecule has 0 saturated carbocycles. The van der Waals surface area contributed by atoms with E-state index in [-0.39, 0.29) is 29.4 Å². The van der Waals surface area contributed by atoms with Gasteiger partial charge in [0.15, 0.2) is 0 Å². The molecule has 3 aliphatic heterocycles. The lowest BCUT2D eigenvalue weighted by Crippen LogP contribution is -2.49. The van der Waals surface area contributed by atoms with E-state index in [0.717, 1.165) is 36.1 Å². The third-order valence-electron chi connectivity index (χ3n) is 5.88. The van der Waals surface area contributed by atoms with Crippen molar-refractivity contribution in [2.45, 2.75) is 44.2 Å². The van der Waals surface area contributed by atoms with Crippen LogP contribution in [0.15, 0.2) is 18.2 Å². The summed E-state index contributed by atoms with van der Waals surface area (Å²) >= 11 is 0. The van der Waals surface area contributed by atoms with Crippen molar-refractivity contribution in [3.8, 4) is 5.75 Å². The van der Waals surface area contributed by atoms with Gasteiger partial charge in [-0.2, -0.15) is 0 Å². The minimum atomic E-state index is -0.277. The smallest absolute Gasteiger partial charge is 0.225 e. The van der Waals surface area contributed by atoms with E-state index >= 15 is 0 Å². The number of nitrogens with one attached hydrogen (secondary N) is 1. The van der Waals surface area contributed by atoms with Gasteiger partial charge in [-0.25, -0.2) is 0 Å². The maximum Gasteiger partial charge on any atom is 0.225 e. The number of likely N-dealkylation sites (tertiary alicyclic amines) is 1. The van der Waals surface area contributed by atoms with E-state index in [2.05, 4.69) is 11.4 Å². The topological polar surface area (TPSA) is 67.9 Å². The Balaban J connectivity index is 1.58. The number of fused-ring (bicyclic) bond motifs is 1. The first-order valence-electron chi connectivity index (χ1n) is 9.37. The van der Waals surface area contributed by atoms with E-state index in [1.807, 2.05) is 19.1 Å². The first kappa shape index (κ1) is 17.3. The summed E-state index contributed by atoms with van der Waals surface area (Å²) in [5.41, 5.74) is 1.90. The molecule has 26 heavy (non-hydrogen) atoms. The van der Waals surface area contributed by atoms with Gasteiger partial charge in [-0.3, -0.25) is 9.59 Å². The van der Waals surface area contributed by atoms with Gasteiger partial charge in [-0.1, -0.05) is 17.7 Å². The zero-order valence-electron chi connectivity index (χ0n) is 15.4. The predicted molar refractivity (Wildman–Crippen MR) is 95.8 cm³/mol. The van der Waals surface area contributed by atoms with Crippen LogP contribution in [0.1, 0.15) is 42.9 Å². The highest BCUT2D eigenvalue weighted by Gasteiger charge is 2.43. The highest BCUT2D eigenvalue weighted by atomic mass is 16.5. The Labute approximate surface area is 153 Å². The Kier molecular flexibility index (Phi) is 4.39. The first-order chi connectivity index (χ1) is 12.5. The van der Waals surface area contributed by atoms with Crippen LogP contribution in [0.5, 0.6) is 5.75 Å². The Morgan fingerprint density at radius 2 is 2.08 bits per heavy atom. The number of carbonyl (C=O) groups is 2. The van der Waals surface area contributed by atoms with Gasteiger partial charge in [0.2, 0.25) is 11.8 Å². The van der Waals surface area contributed by atoms with Crippen molar-refractivity contribution in [2.24, 2.45) is 5.92 Å². The molecule has 2 saturated heterocycles. The van der Waals surface area contributed by atoms with E-state index in [9.17, 15) is 9.59 Å². The van der Waals surface area contributed by atoms with E-state index in [1.54, 1.807) is 11.9 Å². The van der Waals surface area contributed by atoms with Crippen LogP contribution in [0.25, 0.3) is 0 Å². The van der Waals surface area contributed by atoms with Gasteiger partial charge in [0.05, 0.1) is 25.2 Å². The van der Waals surface area contributed by atoms with Crippen LogP contribution in [0.3, 0.4) is 0 Å². The second kappa shape index (κ2) is 6.58. The minimum absolute atomic E-state index is 0.0364. The van der Waals surface area contributed by atoms with Gasteiger partial charge < -0.3 is 19.7 Å². The molecule has 2 amide bonds. The fourth-order valence-electron chi connectivity index (χ4n) is 4.30. The molecule has 0 aliphatic carbocycles. The summed E-state index contributed by atoms with van der Waals surface area (Å²) in [6.45, 7) is 3.91. The molecular weight excluding hydrogens is 332 g/mol. The zero-order chi connectivity index (χ0) is 18.3. The maximum atomic E-state index is 12.8. The summed E-state index contributed by atoms with van der Waals surface area (Å²) in [7, 11) is 1.75. The molecule has 4 rings (SSSR count). The highest BCUT2D eigenvalue weighted by molar-refractivity contribution is 5.89. The van der Waals surface area contributed by atoms with Gasteiger partial charge >= 0.3 is 0 Å². The van der Waals surface area contributed by atoms with Gasteiger partial charge in [0, 0.05) is 44.8 Å². The fraction of sp³-hybridized carbons (Fsp3) is 0.600. The van der Waals surface area contributed by atoms with Crippen molar-refractivity contribution < 1.29 is 19.1 Å². The second-order valence-corrected chi connectivity index (χ2v) is 7.88. The molecule has 1 N–H and O–H groups in total. The van der Waals surface area contributed by atoms with Gasteiger partial charge in [-0.15, -0.1) is 0 Å². The van der Waals surface area contributed by atoms with E-state index < -0.39 is 0 Å². The molecule has 0 radical (unpaired) electrons. The Morgan fingerprint density at radius 3 is 2.77 bits per heavy atom. The van der Waals surface area contributed by atoms with Crippen molar-refractivity contribution in [2.75, 3.05) is 26.8 Å². The monoisotopic (exact) mass is 358 g/mol. The van der Waals surface area contributed by atoms with Crippen molar-refractivity contribution in [3.63, 3.8) is 0 Å². The third kappa shape index (κ3) is 3.18. The lowest BCUT2D eigenvalue weighted by Gasteiger charge is -2.44. The number of rotatable bonds is 2. The normalized spacial score (nSPS) is 27.2. The molecule has 2 fully saturated rings. The molecule has 3 aliphatic rings. The Hall–Kier alpha value is -2.08. The molecule has 1 aromatic rings. The van der Waals surface area contributed by atoms with Crippen LogP contribution in [-0.2, 0) is 14.3 Å². The summed E-state index contributed by atoms with van der Waals surface area (Å²) in [5.74, 6) is 0.585. The van der Waals surface area contributed by atoms with Crippen LogP contribution in [0.4, 0.5) is 0 Å². The Morgan fingerprint density at radius 1 is 1.31 bits per heavy atom. The van der Waals surface area contributed by atoms with Gasteiger partial charge in [0.25, 0.3) is 0 Å². The predicted octanol–water partition coefficient (Wildman–Crippen LogP) is 1.96. The van der Waals surface area contributed by atoms with Crippen LogP contribution in [-0.4, -0.2) is 49.1 Å². The molecule has 0 bridgehead atoms. The lowest BCUT2D eigenvalue weighted by molar-refractivity contribution is -0.129. The third-order valence-corrected chi connectivity index (χ3v) is 5.88. The Bertz CT molecular complexity index is 727. The average molecular weight is 358 g/mol. The van der Waals surface area contributed by atoms with Crippen LogP contribution < -0.4 is 10.1 Å². The average Bonchev–Trinajstić information content (AvgIpc) is 2.95. The number of carbonyl (C=O) groups excluding carboxylic acids is 2. The standard InChI is InChI=1S/C20H26N2O4/c1-13-3-4-17-15(9-13)16(11-20(26-17)5-7-25-8-6-20)21-19(24)14-10-18(23)22(2)12-14/h3-4,9,14,16H,5-8,10-12H2,1-2H3,(H,21,24)/t14-,16+/m0/s1. The van der Waals surface area contributed by atoms with E-state index in [0.29, 0.717) is 26.2 Å². The number of aryl methyl sites for hydroxylation is 1. The summed E-state index contributed by atoms with van der Waals surface area (Å²) in [6.07, 6.45) is 2.70. The SMILES string of the molecule is Cc1ccc2c(c1)[C@H](NC(=O)[C@H]1CC(=O)N(C)C1)CC1(CCOCC1)O2. The molecule has 6 nitrogen and oxygen atoms in total. The quantitative estimate of drug-likeness (QED) is 0.878. The number of nitrogens with zero attached hydrogens (tertiary/aromatic N) is 1. The molecule has 1 aromatic carbocycles. The molecule has 6 heteroatoms. The number of amides is 2. The van der Waals surface area contributed by atoms with Gasteiger partial charge in [0.1, 0.15) is 11.4 Å². The van der Waals surface area contributed by atoms with E-state index in [1.165, 1.54) is 0 Å². The van der Waals surface area contributed by atoms with Crippen LogP contribution in [0.2, 0.25) is 0 Å². The van der Waals surface area contributed by atoms with Crippen molar-refractivity contribution >= 4 is 11.8 Å². The lowest BCUT2D eigenvalue weighted by atomic mass is 9.81. The summed E-state index contributed by atoms with van der Waals surface area (Å²) in [6, 6.07) is 6.05. The van der Waals surface area contributed by atoms with Crippen molar-refractivity contribution in [1.29, 1.82) is 0 Å². The summed E-state index contributed by atoms with van der Waals surface area (Å²) in [5, 5.41) is 3.22. The van der Waals surface area contributed by atoms with Crippen LogP contribution in [0, 0.1) is 12.8 Å². The van der Waals surface area contributed by atoms with E-state index in [4.69, 9.17) is 9.47 Å². The maximum absolute atomic E-state index is 12.8. The molecule has 140 valence electrons. The number of hydrogen-bond donors (Lipinski definition) is 1. The first-order valence-corrected chi connectivity index (χ1v) is 9.37. The van der Waals surface area contributed by atoms with Crippen molar-refractivity contribution in [3.05, 3.63) is 29.3 Å². The summed E-state index contributed by atoms with van der Waals surface area (Å²) < 4.78 is 11.9. The highest BCUT2D eigenvalue weighted by Crippen LogP contribution is 2.44. The van der Waals surface area contributed by atoms with Gasteiger partial charge in [-0.05, 0) is 13.0 Å².